The van der Waals surface area contributed by atoms with Gasteiger partial charge < -0.3 is 28.8 Å². The molecule has 0 fully saturated rings. The number of phosphoric acid groups is 1. The number of allylic oxidation sites excluding steroid dienone is 12. The first-order valence-electron chi connectivity index (χ1n) is 21.8. The van der Waals surface area contributed by atoms with Crippen LogP contribution in [-0.4, -0.2) is 68.5 Å². The Morgan fingerprint density at radius 2 is 1.07 bits per heavy atom. The molecule has 0 heterocycles. The number of nitrogens with zero attached hydrogens (tertiary/aromatic N) is 1. The summed E-state index contributed by atoms with van der Waals surface area (Å²) in [5, 5.41) is 13.8. The average Bonchev–Trinajstić information content (AvgIpc) is 3.13. The summed E-state index contributed by atoms with van der Waals surface area (Å²) in [5.74, 6) is -0.250. The highest BCUT2D eigenvalue weighted by molar-refractivity contribution is 7.45. The van der Waals surface area contributed by atoms with Crippen LogP contribution < -0.4 is 10.2 Å². The van der Waals surface area contributed by atoms with Gasteiger partial charge in [-0.2, -0.15) is 0 Å². The van der Waals surface area contributed by atoms with Crippen LogP contribution in [0.3, 0.4) is 0 Å². The van der Waals surface area contributed by atoms with Gasteiger partial charge in [-0.05, 0) is 51.4 Å². The van der Waals surface area contributed by atoms with Crippen LogP contribution in [0.15, 0.2) is 72.9 Å². The lowest BCUT2D eigenvalue weighted by Crippen LogP contribution is -2.46. The van der Waals surface area contributed by atoms with Crippen LogP contribution in [0.25, 0.3) is 0 Å². The number of nitrogens with one attached hydrogen (secondary N) is 1. The van der Waals surface area contributed by atoms with E-state index in [4.69, 9.17) is 9.05 Å². The molecule has 0 aromatic heterocycles. The Morgan fingerprint density at radius 1 is 0.655 bits per heavy atom. The topological polar surface area (TPSA) is 108 Å². The Kier molecular flexibility index (Phi) is 36.1. The van der Waals surface area contributed by atoms with Crippen molar-refractivity contribution in [3.63, 3.8) is 0 Å². The van der Waals surface area contributed by atoms with Gasteiger partial charge in [0.25, 0.3) is 7.82 Å². The molecule has 0 aliphatic heterocycles. The quantitative estimate of drug-likeness (QED) is 0.0279. The van der Waals surface area contributed by atoms with Gasteiger partial charge in [0, 0.05) is 6.42 Å². The number of amides is 1. The van der Waals surface area contributed by atoms with E-state index in [1.54, 1.807) is 0 Å². The predicted molar refractivity (Wildman–Crippen MR) is 233 cm³/mol. The smallest absolute Gasteiger partial charge is 0.268 e. The minimum atomic E-state index is -4.59. The summed E-state index contributed by atoms with van der Waals surface area (Å²) in [5.41, 5.74) is 0. The molecule has 3 atom stereocenters. The number of unbranched alkanes of at least 4 members (excludes halogenated alkanes) is 13. The van der Waals surface area contributed by atoms with Crippen molar-refractivity contribution in [2.24, 2.45) is 0 Å². The number of phosphoric ester groups is 1. The largest absolute Gasteiger partial charge is 0.756 e. The monoisotopic (exact) mass is 791 g/mol. The molecule has 0 radical (unpaired) electrons. The average molecular weight is 791 g/mol. The minimum Gasteiger partial charge on any atom is -0.756 e. The number of aliphatic hydroxyl groups excluding tert-OH is 1. The third kappa shape index (κ3) is 40.0. The van der Waals surface area contributed by atoms with E-state index >= 15 is 0 Å². The fraction of sp³-hybridized carbons (Fsp3) is 0.717. The molecule has 0 saturated heterocycles. The Balaban J connectivity index is 4.54. The Bertz CT molecular complexity index is 1120. The summed E-state index contributed by atoms with van der Waals surface area (Å²) >= 11 is 0. The number of aliphatic hydroxyl groups is 1. The number of rotatable bonds is 38. The molecule has 0 bridgehead atoms. The first-order chi connectivity index (χ1) is 26.5. The van der Waals surface area contributed by atoms with Gasteiger partial charge in [0.1, 0.15) is 13.2 Å². The van der Waals surface area contributed by atoms with E-state index in [2.05, 4.69) is 79.9 Å². The molecule has 55 heavy (non-hydrogen) atoms. The minimum absolute atomic E-state index is 0.00510. The zero-order valence-electron chi connectivity index (χ0n) is 35.9. The fourth-order valence-corrected chi connectivity index (χ4v) is 6.49. The molecule has 8 nitrogen and oxygen atoms in total. The number of carbonyl (C=O) groups excluding carboxylic acids is 1. The zero-order chi connectivity index (χ0) is 40.7. The van der Waals surface area contributed by atoms with Gasteiger partial charge in [-0.1, -0.05) is 177 Å². The highest BCUT2D eigenvalue weighted by Crippen LogP contribution is 2.38. The van der Waals surface area contributed by atoms with Crippen molar-refractivity contribution in [3.8, 4) is 0 Å². The highest BCUT2D eigenvalue weighted by atomic mass is 31.2. The van der Waals surface area contributed by atoms with Gasteiger partial charge in [-0.25, -0.2) is 0 Å². The van der Waals surface area contributed by atoms with Crippen LogP contribution in [0.5, 0.6) is 0 Å². The van der Waals surface area contributed by atoms with Crippen LogP contribution in [0.2, 0.25) is 0 Å². The first kappa shape index (κ1) is 52.9. The fourth-order valence-electron chi connectivity index (χ4n) is 5.77. The molecule has 0 aromatic carbocycles. The van der Waals surface area contributed by atoms with Gasteiger partial charge in [0.05, 0.1) is 39.9 Å². The predicted octanol–water partition coefficient (Wildman–Crippen LogP) is 11.4. The van der Waals surface area contributed by atoms with Crippen molar-refractivity contribution in [3.05, 3.63) is 72.9 Å². The van der Waals surface area contributed by atoms with Crippen molar-refractivity contribution in [1.29, 1.82) is 0 Å². The number of hydrogen-bond acceptors (Lipinski definition) is 6. The van der Waals surface area contributed by atoms with Crippen LogP contribution in [0.1, 0.15) is 162 Å². The van der Waals surface area contributed by atoms with E-state index in [1.807, 2.05) is 33.3 Å². The third-order valence-corrected chi connectivity index (χ3v) is 10.2. The normalized spacial score (nSPS) is 15.1. The van der Waals surface area contributed by atoms with Gasteiger partial charge in [0.2, 0.25) is 5.91 Å². The van der Waals surface area contributed by atoms with Gasteiger partial charge in [-0.3, -0.25) is 9.36 Å². The summed E-state index contributed by atoms with van der Waals surface area (Å²) in [6.45, 7) is 4.52. The van der Waals surface area contributed by atoms with E-state index < -0.39 is 20.0 Å². The Hall–Kier alpha value is -2.06. The molecule has 3 unspecified atom stereocenters. The maximum absolute atomic E-state index is 12.8. The summed E-state index contributed by atoms with van der Waals surface area (Å²) in [6, 6.07) is -0.843. The van der Waals surface area contributed by atoms with Crippen molar-refractivity contribution in [2.45, 2.75) is 174 Å². The van der Waals surface area contributed by atoms with E-state index in [9.17, 15) is 19.4 Å². The molecule has 1 amide bonds. The molecule has 9 heteroatoms. The molecular formula is C46H83N2O6P. The van der Waals surface area contributed by atoms with Gasteiger partial charge in [0.15, 0.2) is 0 Å². The van der Waals surface area contributed by atoms with Crippen molar-refractivity contribution >= 4 is 13.7 Å². The van der Waals surface area contributed by atoms with E-state index in [0.29, 0.717) is 23.9 Å². The summed E-state index contributed by atoms with van der Waals surface area (Å²) < 4.78 is 23.2. The second kappa shape index (κ2) is 37.5. The molecule has 0 aliphatic carbocycles. The lowest BCUT2D eigenvalue weighted by molar-refractivity contribution is -0.870. The number of carbonyl (C=O) groups is 1. The maximum Gasteiger partial charge on any atom is 0.268 e. The second-order valence-electron chi connectivity index (χ2n) is 15.7. The number of hydrogen-bond donors (Lipinski definition) is 2. The summed E-state index contributed by atoms with van der Waals surface area (Å²) in [4.78, 5) is 25.3. The first-order valence-corrected chi connectivity index (χ1v) is 23.2. The standard InChI is InChI=1S/C46H83N2O6P/c1-6-8-10-12-14-16-18-20-22-23-24-25-26-28-30-32-34-36-38-40-46(50)47-44(43-54-55(51,52)53-42-41-48(3,4)5)45(49)39-37-35-33-31-29-27-21-19-17-15-13-11-9-7-2/h8,10,14,16,20,22,24-25,28,30,34,36,44-45,49H,6-7,9,11-13,15,17-19,21,23,26-27,29,31-33,35,37-43H2,1-5H3,(H-,47,50,51,52)/b10-8-,16-14-,22-20-,25-24-,30-28-,36-34-. The van der Waals surface area contributed by atoms with E-state index in [0.717, 1.165) is 57.8 Å². The molecular weight excluding hydrogens is 707 g/mol. The molecule has 0 spiro atoms. The molecule has 318 valence electrons. The molecule has 2 N–H and O–H groups in total. The van der Waals surface area contributed by atoms with Crippen molar-refractivity contribution in [2.75, 3.05) is 40.9 Å². The zero-order valence-corrected chi connectivity index (χ0v) is 36.7. The second-order valence-corrected chi connectivity index (χ2v) is 17.1. The van der Waals surface area contributed by atoms with E-state index in [1.165, 1.54) is 70.6 Å². The van der Waals surface area contributed by atoms with Crippen LogP contribution in [0.4, 0.5) is 0 Å². The summed E-state index contributed by atoms with van der Waals surface area (Å²) in [7, 11) is 1.25. The van der Waals surface area contributed by atoms with Crippen molar-refractivity contribution < 1.29 is 32.9 Å². The van der Waals surface area contributed by atoms with Crippen molar-refractivity contribution in [1.82, 2.24) is 5.32 Å². The van der Waals surface area contributed by atoms with Crippen LogP contribution in [-0.2, 0) is 18.4 Å². The number of likely N-dealkylation sites (N-methyl/N-ethyl adjacent to an activating group) is 1. The molecule has 0 aliphatic rings. The van der Waals surface area contributed by atoms with E-state index in [-0.39, 0.29) is 25.5 Å². The Labute approximate surface area is 338 Å². The third-order valence-electron chi connectivity index (χ3n) is 9.22. The summed E-state index contributed by atoms with van der Waals surface area (Å²) in [6.07, 6.45) is 49.2. The lowest BCUT2D eigenvalue weighted by Gasteiger charge is -2.30. The SMILES string of the molecule is CC/C=C\C/C=C\C/C=C\C/C=C\C/C=C\C/C=C\CCC(=O)NC(COP(=O)([O-])OCC[N+](C)(C)C)C(O)CCCCCCCCCCCCCCCC. The molecule has 0 saturated carbocycles. The van der Waals surface area contributed by atoms with Gasteiger partial charge in [-0.15, -0.1) is 0 Å². The van der Waals surface area contributed by atoms with Crippen LogP contribution in [0, 0.1) is 0 Å². The molecule has 0 aromatic rings. The maximum atomic E-state index is 12.8. The molecule has 0 rings (SSSR count). The Morgan fingerprint density at radius 3 is 1.51 bits per heavy atom. The lowest BCUT2D eigenvalue weighted by atomic mass is 10.0. The number of quaternary nitrogens is 1. The highest BCUT2D eigenvalue weighted by Gasteiger charge is 2.24. The van der Waals surface area contributed by atoms with Gasteiger partial charge >= 0.3 is 0 Å². The van der Waals surface area contributed by atoms with Crippen LogP contribution >= 0.6 is 7.82 Å².